The van der Waals surface area contributed by atoms with Crippen molar-refractivity contribution in [2.75, 3.05) is 4.90 Å². The molecule has 2 N–H and O–H groups in total. The van der Waals surface area contributed by atoms with Crippen LogP contribution in [0.2, 0.25) is 0 Å². The summed E-state index contributed by atoms with van der Waals surface area (Å²) in [4.78, 5) is 31.1. The summed E-state index contributed by atoms with van der Waals surface area (Å²) in [7, 11) is 0. The van der Waals surface area contributed by atoms with Crippen molar-refractivity contribution in [3.63, 3.8) is 0 Å². The highest BCUT2D eigenvalue weighted by molar-refractivity contribution is 5.94. The van der Waals surface area contributed by atoms with Crippen LogP contribution in [-0.2, 0) is 16.1 Å². The Morgan fingerprint density at radius 1 is 1.00 bits per heavy atom. The summed E-state index contributed by atoms with van der Waals surface area (Å²) in [6.07, 6.45) is 1.05. The molecule has 6 rings (SSSR count). The van der Waals surface area contributed by atoms with Gasteiger partial charge in [0.1, 0.15) is 28.6 Å². The van der Waals surface area contributed by atoms with Crippen LogP contribution in [0.3, 0.4) is 0 Å². The van der Waals surface area contributed by atoms with Crippen LogP contribution >= 0.6 is 0 Å². The predicted molar refractivity (Wildman–Crippen MR) is 159 cm³/mol. The minimum absolute atomic E-state index is 0.0748. The Labute approximate surface area is 263 Å². The Morgan fingerprint density at radius 3 is 2.35 bits per heavy atom. The van der Waals surface area contributed by atoms with E-state index in [0.29, 0.717) is 17.0 Å². The highest BCUT2D eigenvalue weighted by atomic mass is 19.4. The zero-order valence-electron chi connectivity index (χ0n) is 25.7. The van der Waals surface area contributed by atoms with E-state index in [2.05, 4.69) is 30.6 Å². The van der Waals surface area contributed by atoms with Crippen LogP contribution in [0, 0.1) is 0 Å². The van der Waals surface area contributed by atoms with Crippen molar-refractivity contribution >= 4 is 17.8 Å². The molecular weight excluding hydrogens is 607 g/mol. The van der Waals surface area contributed by atoms with E-state index in [4.69, 9.17) is 14.0 Å². The van der Waals surface area contributed by atoms with E-state index in [1.54, 1.807) is 39.0 Å². The van der Waals surface area contributed by atoms with Crippen molar-refractivity contribution in [2.24, 2.45) is 0 Å². The van der Waals surface area contributed by atoms with Gasteiger partial charge in [0.15, 0.2) is 0 Å². The van der Waals surface area contributed by atoms with Gasteiger partial charge in [0, 0.05) is 35.3 Å². The molecule has 3 atom stereocenters. The largest absolute Gasteiger partial charge is 0.573 e. The Bertz CT molecular complexity index is 1550. The lowest BCUT2D eigenvalue weighted by Gasteiger charge is -2.39. The third kappa shape index (κ3) is 7.38. The topological polar surface area (TPSA) is 128 Å². The number of carbonyl (C=O) groups excluding carboxylic acids is 2. The van der Waals surface area contributed by atoms with Gasteiger partial charge in [0.25, 0.3) is 5.91 Å². The summed E-state index contributed by atoms with van der Waals surface area (Å²) in [6, 6.07) is 9.72. The lowest BCUT2D eigenvalue weighted by Crippen LogP contribution is -2.46. The minimum atomic E-state index is -4.84. The number of carbonyl (C=O) groups is 2. The van der Waals surface area contributed by atoms with Crippen LogP contribution in [0.5, 0.6) is 5.75 Å². The van der Waals surface area contributed by atoms with E-state index in [0.717, 1.165) is 44.3 Å². The SMILES string of the molecule is CC(C)(C)OC(=O)NNC(=O)c1ccc(N2[C@@H]3CC[C@H]2C[C@@H](OCc2c(-c4ccccc4OC(F)(F)F)noc2C2CC2)C3)nc1. The second-order valence-electron chi connectivity index (χ2n) is 12.9. The Balaban J connectivity index is 1.09. The van der Waals surface area contributed by atoms with E-state index in [-0.39, 0.29) is 47.6 Å². The zero-order chi connectivity index (χ0) is 32.6. The number of benzene rings is 1. The molecule has 3 fully saturated rings. The third-order valence-corrected chi connectivity index (χ3v) is 8.24. The maximum atomic E-state index is 13.1. The number of anilines is 1. The van der Waals surface area contributed by atoms with Gasteiger partial charge in [0.05, 0.1) is 18.3 Å². The number of halogens is 3. The van der Waals surface area contributed by atoms with Gasteiger partial charge >= 0.3 is 12.5 Å². The number of hydrazine groups is 1. The molecular formula is C32H36F3N5O6. The Kier molecular flexibility index (Phi) is 8.57. The number of pyridine rings is 1. The number of para-hydroxylation sites is 1. The number of alkyl halides is 3. The summed E-state index contributed by atoms with van der Waals surface area (Å²) in [6.45, 7) is 5.32. The number of hydrogen-bond donors (Lipinski definition) is 2. The van der Waals surface area contributed by atoms with Crippen molar-refractivity contribution in [2.45, 2.75) is 102 Å². The molecule has 1 aromatic carbocycles. The second kappa shape index (κ2) is 12.5. The first-order valence-electron chi connectivity index (χ1n) is 15.3. The van der Waals surface area contributed by atoms with Crippen LogP contribution in [0.1, 0.15) is 86.9 Å². The average molecular weight is 644 g/mol. The van der Waals surface area contributed by atoms with Crippen LogP contribution in [0.25, 0.3) is 11.3 Å². The fourth-order valence-corrected chi connectivity index (χ4v) is 6.21. The van der Waals surface area contributed by atoms with Gasteiger partial charge in [-0.2, -0.15) is 0 Å². The number of aromatic nitrogens is 2. The number of rotatable bonds is 8. The highest BCUT2D eigenvalue weighted by Gasteiger charge is 2.42. The molecule has 2 saturated heterocycles. The number of ether oxygens (including phenoxy) is 3. The van der Waals surface area contributed by atoms with Gasteiger partial charge < -0.3 is 23.6 Å². The molecule has 2 aliphatic heterocycles. The van der Waals surface area contributed by atoms with E-state index < -0.39 is 24.0 Å². The van der Waals surface area contributed by atoms with E-state index in [1.807, 2.05) is 0 Å². The number of fused-ring (bicyclic) bond motifs is 2. The van der Waals surface area contributed by atoms with Gasteiger partial charge in [0.2, 0.25) is 0 Å². The van der Waals surface area contributed by atoms with Gasteiger partial charge in [-0.05, 0) is 83.6 Å². The standard InChI is InChI=1S/C32H36F3N5O6/c1-31(2,3)45-30(42)38-37-29(41)19-10-13-26(36-16-19)40-20-11-12-21(40)15-22(14-20)43-17-24-27(39-46-28(24)18-8-9-18)23-6-4-5-7-25(23)44-32(33,34)35/h4-7,10,13,16,18,20-22H,8-9,11-12,14-15,17H2,1-3H3,(H,37,41)(H,38,42)/t20-,21+,22+. The molecule has 1 aliphatic carbocycles. The molecule has 11 nitrogen and oxygen atoms in total. The monoisotopic (exact) mass is 643 g/mol. The highest BCUT2D eigenvalue weighted by Crippen LogP contribution is 2.46. The van der Waals surface area contributed by atoms with Crippen molar-refractivity contribution in [1.82, 2.24) is 21.0 Å². The van der Waals surface area contributed by atoms with E-state index in [1.165, 1.54) is 24.4 Å². The van der Waals surface area contributed by atoms with Gasteiger partial charge in [-0.1, -0.05) is 17.3 Å². The molecule has 3 aliphatic rings. The van der Waals surface area contributed by atoms with Crippen LogP contribution in [0.15, 0.2) is 47.1 Å². The first kappa shape index (κ1) is 31.6. The smallest absolute Gasteiger partial charge is 0.443 e. The number of amides is 2. The molecule has 1 saturated carbocycles. The summed E-state index contributed by atoms with van der Waals surface area (Å²) >= 11 is 0. The van der Waals surface area contributed by atoms with Crippen LogP contribution in [0.4, 0.5) is 23.8 Å². The van der Waals surface area contributed by atoms with Gasteiger partial charge in [-0.15, -0.1) is 13.2 Å². The van der Waals surface area contributed by atoms with E-state index in [9.17, 15) is 22.8 Å². The summed E-state index contributed by atoms with van der Waals surface area (Å²) in [5, 5.41) is 4.18. The van der Waals surface area contributed by atoms with Crippen LogP contribution < -0.4 is 20.5 Å². The van der Waals surface area contributed by atoms with Crippen molar-refractivity contribution in [1.29, 1.82) is 0 Å². The maximum Gasteiger partial charge on any atom is 0.573 e. The number of nitrogens with zero attached hydrogens (tertiary/aromatic N) is 3. The normalized spacial score (nSPS) is 21.2. The molecule has 2 amide bonds. The summed E-state index contributed by atoms with van der Waals surface area (Å²) < 4.78 is 60.9. The lowest BCUT2D eigenvalue weighted by molar-refractivity contribution is -0.274. The fraction of sp³-hybridized carbons (Fsp3) is 0.500. The van der Waals surface area contributed by atoms with Crippen LogP contribution in [-0.4, -0.2) is 52.3 Å². The van der Waals surface area contributed by atoms with Gasteiger partial charge in [-0.3, -0.25) is 10.2 Å². The molecule has 46 heavy (non-hydrogen) atoms. The number of nitrogens with one attached hydrogen (secondary N) is 2. The third-order valence-electron chi connectivity index (χ3n) is 8.24. The van der Waals surface area contributed by atoms with Crippen molar-refractivity contribution in [3.8, 4) is 17.0 Å². The van der Waals surface area contributed by atoms with Gasteiger partial charge in [-0.25, -0.2) is 15.2 Å². The number of hydrogen-bond acceptors (Lipinski definition) is 9. The molecule has 0 radical (unpaired) electrons. The molecule has 2 bridgehead atoms. The molecule has 0 unspecified atom stereocenters. The summed E-state index contributed by atoms with van der Waals surface area (Å²) in [5.41, 5.74) is 5.30. The number of piperidine rings is 1. The lowest BCUT2D eigenvalue weighted by atomic mass is 9.99. The Morgan fingerprint density at radius 2 is 1.72 bits per heavy atom. The molecule has 3 aromatic rings. The van der Waals surface area contributed by atoms with Crippen molar-refractivity contribution in [3.05, 3.63) is 59.5 Å². The fourth-order valence-electron chi connectivity index (χ4n) is 6.21. The first-order chi connectivity index (χ1) is 21.8. The molecule has 14 heteroatoms. The molecule has 2 aromatic heterocycles. The van der Waals surface area contributed by atoms with Crippen molar-refractivity contribution < 1.29 is 41.5 Å². The Hall–Kier alpha value is -4.33. The molecule has 0 spiro atoms. The minimum Gasteiger partial charge on any atom is -0.443 e. The predicted octanol–water partition coefficient (Wildman–Crippen LogP) is 6.40. The summed E-state index contributed by atoms with van der Waals surface area (Å²) in [5.74, 6) is 0.727. The van der Waals surface area contributed by atoms with E-state index >= 15 is 0 Å². The first-order valence-corrected chi connectivity index (χ1v) is 15.3. The maximum absolute atomic E-state index is 13.1. The zero-order valence-corrected chi connectivity index (χ0v) is 25.7. The quantitative estimate of drug-likeness (QED) is 0.268. The molecule has 246 valence electrons. The second-order valence-corrected chi connectivity index (χ2v) is 12.9. The average Bonchev–Trinajstić information content (AvgIpc) is 3.69. The molecule has 4 heterocycles.